The summed E-state index contributed by atoms with van der Waals surface area (Å²) in [6, 6.07) is 8.81. The van der Waals surface area contributed by atoms with Crippen LogP contribution in [0.5, 0.6) is 0 Å². The molecule has 2 aromatic heterocycles. The normalized spacial score (nSPS) is 20.6. The second kappa shape index (κ2) is 5.84. The van der Waals surface area contributed by atoms with Gasteiger partial charge in [-0.05, 0) is 69.2 Å². The highest BCUT2D eigenvalue weighted by molar-refractivity contribution is 5.95. The first-order valence-corrected chi connectivity index (χ1v) is 10.3. The van der Waals surface area contributed by atoms with E-state index in [-0.39, 0.29) is 0 Å². The van der Waals surface area contributed by atoms with Gasteiger partial charge in [-0.1, -0.05) is 11.2 Å². The Morgan fingerprint density at radius 3 is 2.61 bits per heavy atom. The molecule has 0 spiro atoms. The first kappa shape index (κ1) is 16.2. The molecule has 3 aliphatic rings. The molecule has 1 aromatic carbocycles. The van der Waals surface area contributed by atoms with E-state index >= 15 is 0 Å². The molecule has 3 aromatic rings. The third-order valence-electron chi connectivity index (χ3n) is 6.26. The van der Waals surface area contributed by atoms with Gasteiger partial charge in [0.1, 0.15) is 5.76 Å². The predicted molar refractivity (Wildman–Crippen MR) is 110 cm³/mol. The lowest BCUT2D eigenvalue weighted by molar-refractivity contribution is 0.393. The van der Waals surface area contributed by atoms with E-state index in [1.54, 1.807) is 0 Å². The lowest BCUT2D eigenvalue weighted by Gasteiger charge is -2.15. The van der Waals surface area contributed by atoms with Gasteiger partial charge in [0, 0.05) is 28.8 Å². The van der Waals surface area contributed by atoms with Crippen LogP contribution in [0.4, 0.5) is 11.4 Å². The van der Waals surface area contributed by atoms with Crippen LogP contribution < -0.4 is 10.6 Å². The van der Waals surface area contributed by atoms with Gasteiger partial charge >= 0.3 is 0 Å². The number of hydrogen-bond donors (Lipinski definition) is 2. The molecule has 0 bridgehead atoms. The van der Waals surface area contributed by atoms with Gasteiger partial charge in [0.05, 0.1) is 28.9 Å². The molecule has 2 aliphatic carbocycles. The van der Waals surface area contributed by atoms with Crippen LogP contribution in [0.2, 0.25) is 0 Å². The van der Waals surface area contributed by atoms with Gasteiger partial charge < -0.3 is 15.2 Å². The number of pyridine rings is 1. The molecule has 1 aliphatic heterocycles. The quantitative estimate of drug-likeness (QED) is 0.636. The van der Waals surface area contributed by atoms with Crippen molar-refractivity contribution in [2.24, 2.45) is 5.92 Å². The Kier molecular flexibility index (Phi) is 3.37. The zero-order valence-corrected chi connectivity index (χ0v) is 16.2. The van der Waals surface area contributed by atoms with Crippen LogP contribution in [0.25, 0.3) is 22.3 Å². The molecular weight excluding hydrogens is 348 g/mol. The fraction of sp³-hybridized carbons (Fsp3) is 0.391. The van der Waals surface area contributed by atoms with E-state index in [2.05, 4.69) is 40.1 Å². The molecule has 2 saturated carbocycles. The summed E-state index contributed by atoms with van der Waals surface area (Å²) in [5.74, 6) is 2.18. The van der Waals surface area contributed by atoms with Crippen molar-refractivity contribution in [2.75, 3.05) is 10.6 Å². The topological polar surface area (TPSA) is 63.0 Å². The van der Waals surface area contributed by atoms with E-state index in [4.69, 9.17) is 9.51 Å². The maximum atomic E-state index is 5.46. The minimum Gasteiger partial charge on any atom is -0.363 e. The Hall–Kier alpha value is -2.82. The number of anilines is 2. The highest BCUT2D eigenvalue weighted by atomic mass is 16.5. The average molecular weight is 372 g/mol. The zero-order chi connectivity index (χ0) is 18.8. The smallest absolute Gasteiger partial charge is 0.141 e. The fourth-order valence-electron chi connectivity index (χ4n) is 4.52. The van der Waals surface area contributed by atoms with Gasteiger partial charge in [-0.25, -0.2) is 0 Å². The molecule has 0 amide bonds. The molecule has 0 radical (unpaired) electrons. The number of nitrogens with zero attached hydrogens (tertiary/aromatic N) is 2. The zero-order valence-electron chi connectivity index (χ0n) is 16.2. The van der Waals surface area contributed by atoms with Crippen molar-refractivity contribution in [3.05, 3.63) is 47.6 Å². The van der Waals surface area contributed by atoms with Crippen LogP contribution in [0.3, 0.4) is 0 Å². The molecule has 1 atom stereocenters. The average Bonchev–Trinajstić information content (AvgIpc) is 3.63. The Morgan fingerprint density at radius 2 is 1.89 bits per heavy atom. The lowest BCUT2D eigenvalue weighted by Crippen LogP contribution is -2.24. The summed E-state index contributed by atoms with van der Waals surface area (Å²) < 4.78 is 5.46. The Morgan fingerprint density at radius 1 is 1.04 bits per heavy atom. The summed E-state index contributed by atoms with van der Waals surface area (Å²) in [4.78, 5) is 4.76. The van der Waals surface area contributed by atoms with Gasteiger partial charge in [-0.3, -0.25) is 4.98 Å². The van der Waals surface area contributed by atoms with Crippen LogP contribution in [-0.2, 0) is 0 Å². The van der Waals surface area contributed by atoms with Crippen molar-refractivity contribution in [3.63, 3.8) is 0 Å². The highest BCUT2D eigenvalue weighted by Crippen LogP contribution is 2.50. The molecule has 5 heteroatoms. The predicted octanol–water partition coefficient (Wildman–Crippen LogP) is 5.47. The Labute approximate surface area is 164 Å². The van der Waals surface area contributed by atoms with Crippen molar-refractivity contribution in [3.8, 4) is 22.3 Å². The van der Waals surface area contributed by atoms with Gasteiger partial charge in [-0.2, -0.15) is 0 Å². The highest BCUT2D eigenvalue weighted by Gasteiger charge is 2.37. The maximum Gasteiger partial charge on any atom is 0.141 e. The molecule has 3 heterocycles. The largest absolute Gasteiger partial charge is 0.363 e. The summed E-state index contributed by atoms with van der Waals surface area (Å²) in [7, 11) is 0. The molecule has 6 rings (SSSR count). The molecule has 2 fully saturated rings. The van der Waals surface area contributed by atoms with Crippen LogP contribution in [0, 0.1) is 19.8 Å². The summed E-state index contributed by atoms with van der Waals surface area (Å²) in [6.07, 6.45) is 7.33. The SMILES string of the molecule is Cc1noc(C)c1-c1cc2c(c(-c3cccnc3C3CC3)c1)NC(C1CC1)N2. The van der Waals surface area contributed by atoms with E-state index in [9.17, 15) is 0 Å². The van der Waals surface area contributed by atoms with Crippen LogP contribution in [-0.4, -0.2) is 16.3 Å². The summed E-state index contributed by atoms with van der Waals surface area (Å²) >= 11 is 0. The number of aryl methyl sites for hydroxylation is 2. The number of fused-ring (bicyclic) bond motifs is 1. The summed E-state index contributed by atoms with van der Waals surface area (Å²) in [5.41, 5.74) is 9.29. The van der Waals surface area contributed by atoms with Crippen LogP contribution >= 0.6 is 0 Å². The first-order chi connectivity index (χ1) is 13.7. The fourth-order valence-corrected chi connectivity index (χ4v) is 4.52. The molecule has 2 N–H and O–H groups in total. The molecule has 0 saturated heterocycles. The molecule has 28 heavy (non-hydrogen) atoms. The maximum absolute atomic E-state index is 5.46. The molecular formula is C23H24N4O. The number of benzene rings is 1. The first-order valence-electron chi connectivity index (χ1n) is 10.3. The Balaban J connectivity index is 1.56. The second-order valence-corrected chi connectivity index (χ2v) is 8.46. The summed E-state index contributed by atoms with van der Waals surface area (Å²) in [5, 5.41) is 11.7. The minimum atomic E-state index is 0.328. The lowest BCUT2D eigenvalue weighted by atomic mass is 9.94. The van der Waals surface area contributed by atoms with Gasteiger partial charge in [0.15, 0.2) is 0 Å². The molecule has 5 nitrogen and oxygen atoms in total. The van der Waals surface area contributed by atoms with Crippen LogP contribution in [0.15, 0.2) is 35.0 Å². The number of aromatic nitrogens is 2. The van der Waals surface area contributed by atoms with E-state index in [0.29, 0.717) is 12.1 Å². The van der Waals surface area contributed by atoms with Crippen LogP contribution in [0.1, 0.15) is 48.7 Å². The third kappa shape index (κ3) is 2.53. The standard InChI is InChI=1S/C23H24N4O/c1-12-20(13(2)28-27-12)16-10-18(17-4-3-9-24-21(17)14-5-6-14)22-19(11-16)25-23(26-22)15-7-8-15/h3-4,9-11,14-15,23,25-26H,5-8H2,1-2H3. The van der Waals surface area contributed by atoms with E-state index in [1.807, 2.05) is 20.0 Å². The van der Waals surface area contributed by atoms with E-state index in [0.717, 1.165) is 28.5 Å². The van der Waals surface area contributed by atoms with E-state index in [1.165, 1.54) is 53.9 Å². The molecule has 1 unspecified atom stereocenters. The second-order valence-electron chi connectivity index (χ2n) is 8.46. The third-order valence-corrected chi connectivity index (χ3v) is 6.26. The molecule has 142 valence electrons. The summed E-state index contributed by atoms with van der Waals surface area (Å²) in [6.45, 7) is 4.00. The Bertz CT molecular complexity index is 1060. The van der Waals surface area contributed by atoms with Crippen molar-refractivity contribution >= 4 is 11.4 Å². The van der Waals surface area contributed by atoms with Crippen molar-refractivity contribution in [1.82, 2.24) is 10.1 Å². The number of rotatable bonds is 4. The monoisotopic (exact) mass is 372 g/mol. The van der Waals surface area contributed by atoms with Crippen molar-refractivity contribution in [1.29, 1.82) is 0 Å². The van der Waals surface area contributed by atoms with Gasteiger partial charge in [0.2, 0.25) is 0 Å². The van der Waals surface area contributed by atoms with E-state index < -0.39 is 0 Å². The number of hydrogen-bond acceptors (Lipinski definition) is 5. The number of nitrogens with one attached hydrogen (secondary N) is 2. The van der Waals surface area contributed by atoms with Gasteiger partial charge in [0.25, 0.3) is 0 Å². The van der Waals surface area contributed by atoms with Crippen molar-refractivity contribution < 1.29 is 4.52 Å². The minimum absolute atomic E-state index is 0.328. The van der Waals surface area contributed by atoms with Gasteiger partial charge in [-0.15, -0.1) is 0 Å². The van der Waals surface area contributed by atoms with Crippen molar-refractivity contribution in [2.45, 2.75) is 51.6 Å².